The fourth-order valence-corrected chi connectivity index (χ4v) is 1.91. The molecule has 17 heavy (non-hydrogen) atoms. The summed E-state index contributed by atoms with van der Waals surface area (Å²) in [6, 6.07) is 10.6. The summed E-state index contributed by atoms with van der Waals surface area (Å²) in [5, 5.41) is 3.32. The predicted molar refractivity (Wildman–Crippen MR) is 73.1 cm³/mol. The van der Waals surface area contributed by atoms with E-state index in [-0.39, 0.29) is 12.1 Å². The van der Waals surface area contributed by atoms with Gasteiger partial charge in [-0.15, -0.1) is 0 Å². The molecule has 2 unspecified atom stereocenters. The van der Waals surface area contributed by atoms with Crippen LogP contribution >= 0.6 is 0 Å². The molecule has 94 valence electrons. The van der Waals surface area contributed by atoms with E-state index in [0.717, 1.165) is 0 Å². The van der Waals surface area contributed by atoms with Gasteiger partial charge in [-0.3, -0.25) is 0 Å². The van der Waals surface area contributed by atoms with E-state index in [2.05, 4.69) is 49.5 Å². The topological polar surface area (TPSA) is 21.3 Å². The molecule has 0 fully saturated rings. The summed E-state index contributed by atoms with van der Waals surface area (Å²) in [4.78, 5) is 0. The van der Waals surface area contributed by atoms with E-state index in [1.165, 1.54) is 11.1 Å². The van der Waals surface area contributed by atoms with Crippen molar-refractivity contribution >= 4 is 0 Å². The van der Waals surface area contributed by atoms with E-state index < -0.39 is 0 Å². The Morgan fingerprint density at radius 2 is 1.94 bits per heavy atom. The van der Waals surface area contributed by atoms with Gasteiger partial charge in [-0.2, -0.15) is 0 Å². The SMILES string of the molecule is CCOC(c1ccccc1)C(C=C(C)C)NC. The summed E-state index contributed by atoms with van der Waals surface area (Å²) < 4.78 is 5.87. The fourth-order valence-electron chi connectivity index (χ4n) is 1.91. The van der Waals surface area contributed by atoms with Crippen LogP contribution in [0, 0.1) is 0 Å². The summed E-state index contributed by atoms with van der Waals surface area (Å²) in [5.41, 5.74) is 2.51. The zero-order valence-electron chi connectivity index (χ0n) is 11.2. The smallest absolute Gasteiger partial charge is 0.101 e. The van der Waals surface area contributed by atoms with Gasteiger partial charge in [0.25, 0.3) is 0 Å². The van der Waals surface area contributed by atoms with Gasteiger partial charge >= 0.3 is 0 Å². The average molecular weight is 233 g/mol. The number of benzene rings is 1. The van der Waals surface area contributed by atoms with Crippen molar-refractivity contribution in [3.63, 3.8) is 0 Å². The van der Waals surface area contributed by atoms with E-state index in [1.807, 2.05) is 20.0 Å². The van der Waals surface area contributed by atoms with Gasteiger partial charge in [0.15, 0.2) is 0 Å². The first-order chi connectivity index (χ1) is 8.19. The first-order valence-electron chi connectivity index (χ1n) is 6.17. The van der Waals surface area contributed by atoms with Gasteiger partial charge in [0, 0.05) is 6.61 Å². The van der Waals surface area contributed by atoms with Crippen LogP contribution in [-0.4, -0.2) is 19.7 Å². The third-order valence-corrected chi connectivity index (χ3v) is 2.65. The number of rotatable bonds is 6. The Morgan fingerprint density at radius 1 is 1.29 bits per heavy atom. The highest BCUT2D eigenvalue weighted by Gasteiger charge is 2.19. The second kappa shape index (κ2) is 7.25. The molecule has 2 nitrogen and oxygen atoms in total. The summed E-state index contributed by atoms with van der Waals surface area (Å²) >= 11 is 0. The minimum absolute atomic E-state index is 0.0705. The zero-order valence-corrected chi connectivity index (χ0v) is 11.2. The average Bonchev–Trinajstić information content (AvgIpc) is 2.34. The van der Waals surface area contributed by atoms with Crippen LogP contribution in [-0.2, 0) is 4.74 Å². The summed E-state index contributed by atoms with van der Waals surface area (Å²) in [6.45, 7) is 6.97. The third kappa shape index (κ3) is 4.33. The third-order valence-electron chi connectivity index (χ3n) is 2.65. The molecule has 0 bridgehead atoms. The van der Waals surface area contributed by atoms with Crippen molar-refractivity contribution in [3.8, 4) is 0 Å². The lowest BCUT2D eigenvalue weighted by molar-refractivity contribution is 0.0466. The van der Waals surface area contributed by atoms with Crippen molar-refractivity contribution in [3.05, 3.63) is 47.5 Å². The molecule has 0 heterocycles. The lowest BCUT2D eigenvalue weighted by Crippen LogP contribution is -2.32. The summed E-state index contributed by atoms with van der Waals surface area (Å²) in [7, 11) is 1.97. The highest BCUT2D eigenvalue weighted by molar-refractivity contribution is 5.21. The Bertz CT molecular complexity index is 341. The molecule has 2 atom stereocenters. The van der Waals surface area contributed by atoms with Crippen LogP contribution in [0.25, 0.3) is 0 Å². The maximum absolute atomic E-state index is 5.87. The van der Waals surface area contributed by atoms with E-state index in [4.69, 9.17) is 4.74 Å². The molecule has 1 aromatic carbocycles. The standard InChI is InChI=1S/C15H23NO/c1-5-17-15(13-9-7-6-8-10-13)14(16-4)11-12(2)3/h6-11,14-16H,5H2,1-4H3. The van der Waals surface area contributed by atoms with Crippen LogP contribution in [0.5, 0.6) is 0 Å². The number of likely N-dealkylation sites (N-methyl/N-ethyl adjacent to an activating group) is 1. The molecule has 0 saturated heterocycles. The summed E-state index contributed by atoms with van der Waals surface area (Å²) in [5.74, 6) is 0. The maximum atomic E-state index is 5.87. The Labute approximate surface area is 105 Å². The number of allylic oxidation sites excluding steroid dienone is 1. The van der Waals surface area contributed by atoms with Crippen LogP contribution in [0.4, 0.5) is 0 Å². The largest absolute Gasteiger partial charge is 0.372 e. The Balaban J connectivity index is 2.95. The zero-order chi connectivity index (χ0) is 12.7. The molecule has 1 rings (SSSR count). The van der Waals surface area contributed by atoms with Crippen LogP contribution in [0.2, 0.25) is 0 Å². The van der Waals surface area contributed by atoms with Gasteiger partial charge in [-0.25, -0.2) is 0 Å². The Kier molecular flexibility index (Phi) is 5.95. The molecular weight excluding hydrogens is 210 g/mol. The molecule has 0 aliphatic rings. The lowest BCUT2D eigenvalue weighted by Gasteiger charge is -2.25. The molecular formula is C15H23NO. The molecule has 0 spiro atoms. The monoisotopic (exact) mass is 233 g/mol. The van der Waals surface area contributed by atoms with Gasteiger partial charge in [-0.05, 0) is 33.4 Å². The first kappa shape index (κ1) is 13.9. The molecule has 2 heteroatoms. The number of nitrogens with one attached hydrogen (secondary N) is 1. The normalized spacial score (nSPS) is 14.1. The second-order valence-electron chi connectivity index (χ2n) is 4.35. The van der Waals surface area contributed by atoms with Crippen LogP contribution in [0.1, 0.15) is 32.4 Å². The van der Waals surface area contributed by atoms with Crippen molar-refractivity contribution in [1.82, 2.24) is 5.32 Å². The van der Waals surface area contributed by atoms with Gasteiger partial charge in [-0.1, -0.05) is 42.0 Å². The number of ether oxygens (including phenoxy) is 1. The molecule has 0 saturated carbocycles. The van der Waals surface area contributed by atoms with Crippen molar-refractivity contribution in [2.75, 3.05) is 13.7 Å². The first-order valence-corrected chi connectivity index (χ1v) is 6.17. The van der Waals surface area contributed by atoms with Gasteiger partial charge in [0.05, 0.1) is 6.04 Å². The highest BCUT2D eigenvalue weighted by Crippen LogP contribution is 2.22. The van der Waals surface area contributed by atoms with E-state index >= 15 is 0 Å². The minimum Gasteiger partial charge on any atom is -0.372 e. The van der Waals surface area contributed by atoms with E-state index in [9.17, 15) is 0 Å². The van der Waals surface area contributed by atoms with Crippen LogP contribution in [0.3, 0.4) is 0 Å². The molecule has 0 amide bonds. The van der Waals surface area contributed by atoms with Crippen molar-refractivity contribution < 1.29 is 4.74 Å². The number of hydrogen-bond acceptors (Lipinski definition) is 2. The molecule has 0 aromatic heterocycles. The molecule has 0 radical (unpaired) electrons. The van der Waals surface area contributed by atoms with Crippen molar-refractivity contribution in [1.29, 1.82) is 0 Å². The van der Waals surface area contributed by atoms with Crippen LogP contribution in [0.15, 0.2) is 42.0 Å². The second-order valence-corrected chi connectivity index (χ2v) is 4.35. The van der Waals surface area contributed by atoms with E-state index in [0.29, 0.717) is 6.61 Å². The van der Waals surface area contributed by atoms with Crippen molar-refractivity contribution in [2.24, 2.45) is 0 Å². The molecule has 0 aliphatic heterocycles. The molecule has 1 N–H and O–H groups in total. The van der Waals surface area contributed by atoms with Gasteiger partial charge in [0.2, 0.25) is 0 Å². The van der Waals surface area contributed by atoms with Gasteiger partial charge in [0.1, 0.15) is 6.10 Å². The Hall–Kier alpha value is -1.12. The van der Waals surface area contributed by atoms with Crippen LogP contribution < -0.4 is 5.32 Å². The lowest BCUT2D eigenvalue weighted by atomic mass is 10.0. The van der Waals surface area contributed by atoms with Gasteiger partial charge < -0.3 is 10.1 Å². The molecule has 1 aromatic rings. The van der Waals surface area contributed by atoms with Crippen molar-refractivity contribution in [2.45, 2.75) is 32.9 Å². The predicted octanol–water partition coefficient (Wildman–Crippen LogP) is 3.32. The number of hydrogen-bond donors (Lipinski definition) is 1. The Morgan fingerprint density at radius 3 is 2.41 bits per heavy atom. The van der Waals surface area contributed by atoms with E-state index in [1.54, 1.807) is 0 Å². The minimum atomic E-state index is 0.0705. The quantitative estimate of drug-likeness (QED) is 0.761. The summed E-state index contributed by atoms with van der Waals surface area (Å²) in [6.07, 6.45) is 2.29. The highest BCUT2D eigenvalue weighted by atomic mass is 16.5. The fraction of sp³-hybridized carbons (Fsp3) is 0.467. The maximum Gasteiger partial charge on any atom is 0.101 e. The molecule has 0 aliphatic carbocycles.